The molecule has 5 nitrogen and oxygen atoms in total. The van der Waals surface area contributed by atoms with Crippen LogP contribution in [-0.2, 0) is 4.57 Å². The van der Waals surface area contributed by atoms with E-state index >= 15 is 0 Å². The summed E-state index contributed by atoms with van der Waals surface area (Å²) < 4.78 is 10.5. The van der Waals surface area contributed by atoms with Crippen LogP contribution in [0.1, 0.15) is 20.3 Å². The Morgan fingerprint density at radius 1 is 1.38 bits per heavy atom. The van der Waals surface area contributed by atoms with Gasteiger partial charge < -0.3 is 20.6 Å². The van der Waals surface area contributed by atoms with E-state index in [9.17, 15) is 9.67 Å². The average molecular weight is 211 g/mol. The quantitative estimate of drug-likeness (QED) is 0.475. The lowest BCUT2D eigenvalue weighted by Crippen LogP contribution is -2.38. The van der Waals surface area contributed by atoms with E-state index in [4.69, 9.17) is 15.5 Å². The number of hydrogen-bond acceptors (Lipinski definition) is 3. The molecule has 0 spiro atoms. The monoisotopic (exact) mass is 211 g/mol. The van der Waals surface area contributed by atoms with Crippen LogP contribution >= 0.6 is 7.60 Å². The van der Waals surface area contributed by atoms with Gasteiger partial charge >= 0.3 is 7.60 Å². The minimum absolute atomic E-state index is 0.307. The molecular formula is C7H18NO4P. The zero-order valence-corrected chi connectivity index (χ0v) is 8.82. The van der Waals surface area contributed by atoms with Crippen LogP contribution in [0.4, 0.5) is 0 Å². The Bertz CT molecular complexity index is 191. The molecule has 0 radical (unpaired) electrons. The lowest BCUT2D eigenvalue weighted by Gasteiger charge is -2.20. The third-order valence-corrected chi connectivity index (χ3v) is 2.51. The number of nitrogens with two attached hydrogens (primary N) is 1. The van der Waals surface area contributed by atoms with Crippen molar-refractivity contribution in [3.63, 3.8) is 0 Å². The summed E-state index contributed by atoms with van der Waals surface area (Å²) >= 11 is 0. The summed E-state index contributed by atoms with van der Waals surface area (Å²) in [7, 11) is -4.15. The topological polar surface area (TPSA) is 104 Å². The van der Waals surface area contributed by atoms with Gasteiger partial charge in [0.1, 0.15) is 0 Å². The molecule has 0 saturated heterocycles. The van der Waals surface area contributed by atoms with Gasteiger partial charge in [-0.3, -0.25) is 4.57 Å². The molecule has 13 heavy (non-hydrogen) atoms. The second kappa shape index (κ2) is 5.08. The fourth-order valence-electron chi connectivity index (χ4n) is 1.08. The lowest BCUT2D eigenvalue weighted by atomic mass is 10.0. The molecule has 2 atom stereocenters. The standard InChI is InChI=1S/C7H18NO4P/c1-5(2)3-6(8)7(9)4-13(10,11)12/h5-7,9H,3-4,8H2,1-2H3,(H2,10,11,12)/t6-,7-/m1/s1. The van der Waals surface area contributed by atoms with Crippen molar-refractivity contribution in [2.45, 2.75) is 32.4 Å². The maximum Gasteiger partial charge on any atom is 0.328 e. The van der Waals surface area contributed by atoms with Crippen LogP contribution in [0.2, 0.25) is 0 Å². The van der Waals surface area contributed by atoms with Gasteiger partial charge in [0.15, 0.2) is 0 Å². The molecule has 0 amide bonds. The highest BCUT2D eigenvalue weighted by Gasteiger charge is 2.24. The van der Waals surface area contributed by atoms with Crippen molar-refractivity contribution in [2.75, 3.05) is 6.16 Å². The van der Waals surface area contributed by atoms with Crippen molar-refractivity contribution in [3.8, 4) is 0 Å². The summed E-state index contributed by atoms with van der Waals surface area (Å²) in [6.07, 6.45) is -1.12. The number of hydrogen-bond donors (Lipinski definition) is 4. The number of aliphatic hydroxyl groups excluding tert-OH is 1. The predicted octanol–water partition coefficient (Wildman–Crippen LogP) is -0.102. The Hall–Kier alpha value is 0.0700. The highest BCUT2D eigenvalue weighted by molar-refractivity contribution is 7.51. The largest absolute Gasteiger partial charge is 0.391 e. The molecular weight excluding hydrogens is 193 g/mol. The molecule has 0 aliphatic rings. The van der Waals surface area contributed by atoms with E-state index < -0.39 is 25.9 Å². The molecule has 0 rings (SSSR count). The van der Waals surface area contributed by atoms with Crippen molar-refractivity contribution >= 4 is 7.60 Å². The van der Waals surface area contributed by atoms with Gasteiger partial charge in [0.2, 0.25) is 0 Å². The SMILES string of the molecule is CC(C)C[C@@H](N)[C@H](O)CP(=O)(O)O. The minimum atomic E-state index is -4.15. The van der Waals surface area contributed by atoms with Crippen molar-refractivity contribution in [1.29, 1.82) is 0 Å². The first-order chi connectivity index (χ1) is 5.72. The van der Waals surface area contributed by atoms with E-state index in [1.807, 2.05) is 13.8 Å². The summed E-state index contributed by atoms with van der Waals surface area (Å²) in [5.41, 5.74) is 5.53. The molecule has 0 unspecified atom stereocenters. The van der Waals surface area contributed by atoms with Gasteiger partial charge in [-0.1, -0.05) is 13.8 Å². The van der Waals surface area contributed by atoms with Gasteiger partial charge in [-0.05, 0) is 12.3 Å². The predicted molar refractivity (Wildman–Crippen MR) is 50.3 cm³/mol. The van der Waals surface area contributed by atoms with Crippen LogP contribution in [-0.4, -0.2) is 33.2 Å². The number of rotatable bonds is 5. The zero-order chi connectivity index (χ0) is 10.6. The fourth-order valence-corrected chi connectivity index (χ4v) is 1.84. The van der Waals surface area contributed by atoms with Crippen LogP contribution in [0.3, 0.4) is 0 Å². The zero-order valence-electron chi connectivity index (χ0n) is 7.92. The van der Waals surface area contributed by atoms with Gasteiger partial charge in [-0.25, -0.2) is 0 Å². The van der Waals surface area contributed by atoms with Crippen molar-refractivity contribution in [3.05, 3.63) is 0 Å². The van der Waals surface area contributed by atoms with Gasteiger partial charge in [0, 0.05) is 6.04 Å². The third-order valence-electron chi connectivity index (χ3n) is 1.66. The molecule has 0 aromatic heterocycles. The molecule has 6 heteroatoms. The lowest BCUT2D eigenvalue weighted by molar-refractivity contribution is 0.148. The van der Waals surface area contributed by atoms with E-state index in [0.717, 1.165) is 0 Å². The molecule has 0 fully saturated rings. The van der Waals surface area contributed by atoms with Crippen LogP contribution in [0.25, 0.3) is 0 Å². The highest BCUT2D eigenvalue weighted by atomic mass is 31.2. The molecule has 0 aromatic rings. The van der Waals surface area contributed by atoms with Crippen LogP contribution in [0.5, 0.6) is 0 Å². The fraction of sp³-hybridized carbons (Fsp3) is 1.00. The van der Waals surface area contributed by atoms with Gasteiger partial charge in [0.05, 0.1) is 12.3 Å². The second-order valence-electron chi connectivity index (χ2n) is 3.71. The first-order valence-corrected chi connectivity index (χ1v) is 6.00. The van der Waals surface area contributed by atoms with Crippen LogP contribution in [0, 0.1) is 5.92 Å². The summed E-state index contributed by atoms with van der Waals surface area (Å²) in [6.45, 7) is 3.87. The molecule has 0 aliphatic carbocycles. The second-order valence-corrected chi connectivity index (χ2v) is 5.40. The van der Waals surface area contributed by atoms with Gasteiger partial charge in [-0.2, -0.15) is 0 Å². The first kappa shape index (κ1) is 13.1. The maximum atomic E-state index is 10.5. The molecule has 0 saturated carbocycles. The Labute approximate surface area is 78.1 Å². The normalized spacial score (nSPS) is 17.5. The number of aliphatic hydroxyl groups is 1. The first-order valence-electron chi connectivity index (χ1n) is 4.20. The molecule has 5 N–H and O–H groups in total. The summed E-state index contributed by atoms with van der Waals surface area (Å²) in [5, 5.41) is 9.28. The van der Waals surface area contributed by atoms with Crippen molar-refractivity contribution < 1.29 is 19.5 Å². The van der Waals surface area contributed by atoms with E-state index in [1.165, 1.54) is 0 Å². The molecule has 80 valence electrons. The Morgan fingerprint density at radius 3 is 2.15 bits per heavy atom. The van der Waals surface area contributed by atoms with E-state index in [0.29, 0.717) is 12.3 Å². The maximum absolute atomic E-state index is 10.5. The molecule has 0 bridgehead atoms. The summed E-state index contributed by atoms with van der Waals surface area (Å²) in [6, 6.07) is -0.562. The molecule has 0 heterocycles. The average Bonchev–Trinajstić information content (AvgIpc) is 1.81. The van der Waals surface area contributed by atoms with Gasteiger partial charge in [-0.15, -0.1) is 0 Å². The molecule has 0 aromatic carbocycles. The highest BCUT2D eigenvalue weighted by Crippen LogP contribution is 2.35. The van der Waals surface area contributed by atoms with E-state index in [-0.39, 0.29) is 0 Å². The summed E-state index contributed by atoms with van der Waals surface area (Å²) in [4.78, 5) is 17.1. The van der Waals surface area contributed by atoms with E-state index in [2.05, 4.69) is 0 Å². The van der Waals surface area contributed by atoms with Crippen LogP contribution < -0.4 is 5.73 Å². The third kappa shape index (κ3) is 7.16. The smallest absolute Gasteiger partial charge is 0.328 e. The Balaban J connectivity index is 3.96. The summed E-state index contributed by atoms with van der Waals surface area (Å²) in [5.74, 6) is 0.307. The van der Waals surface area contributed by atoms with Crippen molar-refractivity contribution in [2.24, 2.45) is 11.7 Å². The van der Waals surface area contributed by atoms with E-state index in [1.54, 1.807) is 0 Å². The van der Waals surface area contributed by atoms with Crippen molar-refractivity contribution in [1.82, 2.24) is 0 Å². The van der Waals surface area contributed by atoms with Crippen LogP contribution in [0.15, 0.2) is 0 Å². The Morgan fingerprint density at radius 2 is 1.85 bits per heavy atom. The molecule has 0 aliphatic heterocycles. The van der Waals surface area contributed by atoms with Gasteiger partial charge in [0.25, 0.3) is 0 Å². The minimum Gasteiger partial charge on any atom is -0.391 e. The Kier molecular flexibility index (Phi) is 5.10.